The summed E-state index contributed by atoms with van der Waals surface area (Å²) in [6, 6.07) is 3.70. The molecule has 1 heterocycles. The summed E-state index contributed by atoms with van der Waals surface area (Å²) < 4.78 is 0. The smallest absolute Gasteiger partial charge is 0.254 e. The highest BCUT2D eigenvalue weighted by Crippen LogP contribution is 2.26. The Bertz CT molecular complexity index is 381. The maximum absolute atomic E-state index is 11.8. The minimum absolute atomic E-state index is 0.121. The molecule has 80 valence electrons. The molecule has 4 heteroatoms. The van der Waals surface area contributed by atoms with Gasteiger partial charge in [0, 0.05) is 12.2 Å². The fourth-order valence-corrected chi connectivity index (χ4v) is 1.89. The second-order valence-electron chi connectivity index (χ2n) is 3.98. The summed E-state index contributed by atoms with van der Waals surface area (Å²) in [4.78, 5) is 15.7. The third kappa shape index (κ3) is 2.12. The maximum atomic E-state index is 11.8. The number of nitrogens with one attached hydrogen (secondary N) is 1. The minimum atomic E-state index is -0.121. The number of carbonyl (C=O) groups excluding carboxylic acids is 1. The van der Waals surface area contributed by atoms with Crippen LogP contribution in [0.15, 0.2) is 18.3 Å². The van der Waals surface area contributed by atoms with Crippen molar-refractivity contribution in [2.24, 2.45) is 5.92 Å². The SMILES string of the molecule is CC1CCC1NC(=O)c1cccnc1Cl. The van der Waals surface area contributed by atoms with Crippen LogP contribution in [0.4, 0.5) is 0 Å². The van der Waals surface area contributed by atoms with Crippen molar-refractivity contribution < 1.29 is 4.79 Å². The zero-order valence-electron chi connectivity index (χ0n) is 8.53. The maximum Gasteiger partial charge on any atom is 0.254 e. The summed E-state index contributed by atoms with van der Waals surface area (Å²) >= 11 is 5.83. The molecule has 1 aromatic rings. The number of nitrogens with zero attached hydrogens (tertiary/aromatic N) is 1. The topological polar surface area (TPSA) is 42.0 Å². The summed E-state index contributed by atoms with van der Waals surface area (Å²) in [5.41, 5.74) is 0.457. The van der Waals surface area contributed by atoms with Gasteiger partial charge in [-0.05, 0) is 30.9 Å². The normalized spacial score (nSPS) is 24.4. The highest BCUT2D eigenvalue weighted by molar-refractivity contribution is 6.32. The molecule has 0 spiro atoms. The number of carbonyl (C=O) groups is 1. The van der Waals surface area contributed by atoms with Crippen LogP contribution in [0.5, 0.6) is 0 Å². The fraction of sp³-hybridized carbons (Fsp3) is 0.455. The number of amides is 1. The van der Waals surface area contributed by atoms with Crippen LogP contribution in [0.25, 0.3) is 0 Å². The summed E-state index contributed by atoms with van der Waals surface area (Å²) in [6.45, 7) is 2.14. The second-order valence-corrected chi connectivity index (χ2v) is 4.33. The van der Waals surface area contributed by atoms with Crippen LogP contribution >= 0.6 is 11.6 Å². The molecule has 0 saturated heterocycles. The van der Waals surface area contributed by atoms with Gasteiger partial charge in [0.1, 0.15) is 5.15 Å². The lowest BCUT2D eigenvalue weighted by Crippen LogP contribution is -2.45. The first kappa shape index (κ1) is 10.4. The molecule has 0 bridgehead atoms. The predicted octanol–water partition coefficient (Wildman–Crippen LogP) is 2.26. The lowest BCUT2D eigenvalue weighted by molar-refractivity contribution is 0.0884. The number of aromatic nitrogens is 1. The van der Waals surface area contributed by atoms with Crippen molar-refractivity contribution in [2.75, 3.05) is 0 Å². The van der Waals surface area contributed by atoms with E-state index < -0.39 is 0 Å². The average Bonchev–Trinajstić information content (AvgIpc) is 2.24. The summed E-state index contributed by atoms with van der Waals surface area (Å²) in [5, 5.41) is 3.23. The first-order valence-electron chi connectivity index (χ1n) is 5.10. The van der Waals surface area contributed by atoms with E-state index in [1.54, 1.807) is 18.3 Å². The molecule has 1 N–H and O–H groups in total. The summed E-state index contributed by atoms with van der Waals surface area (Å²) in [6.07, 6.45) is 3.82. The van der Waals surface area contributed by atoms with E-state index >= 15 is 0 Å². The Kier molecular flexibility index (Phi) is 2.91. The molecule has 1 saturated carbocycles. The highest BCUT2D eigenvalue weighted by atomic mass is 35.5. The highest BCUT2D eigenvalue weighted by Gasteiger charge is 2.28. The summed E-state index contributed by atoms with van der Waals surface area (Å²) in [5.74, 6) is 0.453. The Balaban J connectivity index is 2.05. The van der Waals surface area contributed by atoms with E-state index in [4.69, 9.17) is 11.6 Å². The van der Waals surface area contributed by atoms with Gasteiger partial charge in [-0.25, -0.2) is 4.98 Å². The van der Waals surface area contributed by atoms with E-state index in [1.165, 1.54) is 6.42 Å². The minimum Gasteiger partial charge on any atom is -0.349 e. The molecule has 2 unspecified atom stereocenters. The van der Waals surface area contributed by atoms with E-state index in [0.29, 0.717) is 17.5 Å². The molecule has 3 nitrogen and oxygen atoms in total. The third-order valence-corrected chi connectivity index (χ3v) is 3.24. The molecule has 15 heavy (non-hydrogen) atoms. The Morgan fingerprint density at radius 1 is 1.60 bits per heavy atom. The van der Waals surface area contributed by atoms with Crippen LogP contribution in [-0.2, 0) is 0 Å². The first-order chi connectivity index (χ1) is 7.18. The van der Waals surface area contributed by atoms with Gasteiger partial charge in [-0.1, -0.05) is 18.5 Å². The van der Waals surface area contributed by atoms with Crippen molar-refractivity contribution in [3.8, 4) is 0 Å². The van der Waals surface area contributed by atoms with E-state index in [0.717, 1.165) is 6.42 Å². The first-order valence-corrected chi connectivity index (χ1v) is 5.47. The Hall–Kier alpha value is -1.09. The number of hydrogen-bond donors (Lipinski definition) is 1. The third-order valence-electron chi connectivity index (χ3n) is 2.94. The average molecular weight is 225 g/mol. The molecular formula is C11H13ClN2O. The van der Waals surface area contributed by atoms with Gasteiger partial charge < -0.3 is 5.32 Å². The number of pyridine rings is 1. The van der Waals surface area contributed by atoms with Gasteiger partial charge in [-0.3, -0.25) is 4.79 Å². The van der Waals surface area contributed by atoms with Crippen LogP contribution in [0.1, 0.15) is 30.1 Å². The fourth-order valence-electron chi connectivity index (χ4n) is 1.68. The van der Waals surface area contributed by atoms with Crippen LogP contribution in [0.2, 0.25) is 5.15 Å². The van der Waals surface area contributed by atoms with Crippen LogP contribution < -0.4 is 5.32 Å². The molecular weight excluding hydrogens is 212 g/mol. The van der Waals surface area contributed by atoms with Crippen molar-refractivity contribution in [1.82, 2.24) is 10.3 Å². The van der Waals surface area contributed by atoms with Gasteiger partial charge in [0.15, 0.2) is 0 Å². The number of hydrogen-bond acceptors (Lipinski definition) is 2. The molecule has 1 aromatic heterocycles. The predicted molar refractivity (Wildman–Crippen MR) is 58.9 cm³/mol. The molecule has 2 rings (SSSR count). The van der Waals surface area contributed by atoms with Crippen molar-refractivity contribution in [3.05, 3.63) is 29.0 Å². The van der Waals surface area contributed by atoms with E-state index in [9.17, 15) is 4.79 Å². The number of rotatable bonds is 2. The summed E-state index contributed by atoms with van der Waals surface area (Å²) in [7, 11) is 0. The Morgan fingerprint density at radius 2 is 2.40 bits per heavy atom. The van der Waals surface area contributed by atoms with E-state index in [1.807, 2.05) is 0 Å². The molecule has 1 amide bonds. The lowest BCUT2D eigenvalue weighted by atomic mass is 9.81. The van der Waals surface area contributed by atoms with Crippen LogP contribution in [0, 0.1) is 5.92 Å². The Labute approximate surface area is 93.8 Å². The zero-order chi connectivity index (χ0) is 10.8. The van der Waals surface area contributed by atoms with Gasteiger partial charge in [0.05, 0.1) is 5.56 Å². The molecule has 2 atom stereocenters. The largest absolute Gasteiger partial charge is 0.349 e. The molecule has 0 radical (unpaired) electrons. The molecule has 1 fully saturated rings. The van der Waals surface area contributed by atoms with Gasteiger partial charge in [-0.2, -0.15) is 0 Å². The molecule has 0 aliphatic heterocycles. The standard InChI is InChI=1S/C11H13ClN2O/c1-7-4-5-9(7)14-11(15)8-3-2-6-13-10(8)12/h2-3,6-7,9H,4-5H2,1H3,(H,14,15). The van der Waals surface area contributed by atoms with Crippen molar-refractivity contribution in [2.45, 2.75) is 25.8 Å². The monoisotopic (exact) mass is 224 g/mol. The molecule has 1 aliphatic carbocycles. The van der Waals surface area contributed by atoms with Crippen molar-refractivity contribution >= 4 is 17.5 Å². The zero-order valence-corrected chi connectivity index (χ0v) is 9.29. The molecule has 1 aliphatic rings. The van der Waals surface area contributed by atoms with Gasteiger partial charge in [0.25, 0.3) is 5.91 Å². The van der Waals surface area contributed by atoms with E-state index in [-0.39, 0.29) is 11.1 Å². The van der Waals surface area contributed by atoms with Crippen LogP contribution in [0.3, 0.4) is 0 Å². The lowest BCUT2D eigenvalue weighted by Gasteiger charge is -2.34. The van der Waals surface area contributed by atoms with Gasteiger partial charge >= 0.3 is 0 Å². The van der Waals surface area contributed by atoms with E-state index in [2.05, 4.69) is 17.2 Å². The second kappa shape index (κ2) is 4.19. The van der Waals surface area contributed by atoms with Gasteiger partial charge in [0.2, 0.25) is 0 Å². The molecule has 0 aromatic carbocycles. The Morgan fingerprint density at radius 3 is 2.93 bits per heavy atom. The van der Waals surface area contributed by atoms with Crippen molar-refractivity contribution in [1.29, 1.82) is 0 Å². The van der Waals surface area contributed by atoms with Gasteiger partial charge in [-0.15, -0.1) is 0 Å². The quantitative estimate of drug-likeness (QED) is 0.783. The number of halogens is 1. The van der Waals surface area contributed by atoms with Crippen LogP contribution in [-0.4, -0.2) is 16.9 Å². The van der Waals surface area contributed by atoms with Crippen molar-refractivity contribution in [3.63, 3.8) is 0 Å².